The fourth-order valence-corrected chi connectivity index (χ4v) is 4.03. The second-order valence-electron chi connectivity index (χ2n) is 5.17. The average molecular weight is 386 g/mol. The van der Waals surface area contributed by atoms with Gasteiger partial charge in [-0.1, -0.05) is 12.1 Å². The van der Waals surface area contributed by atoms with E-state index >= 15 is 0 Å². The van der Waals surface area contributed by atoms with Gasteiger partial charge in [0, 0.05) is 12.1 Å². The molecule has 9 nitrogen and oxygen atoms in total. The standard InChI is InChI=1S/C14H14N2O7S2/c15-13-6-3-11(16(17)18)9-14(13)24(19,20)8-7-10-1-4-12(5-2-10)25(21,22)23/h1-6,9H,7-8,15H2,(H,21,22,23). The minimum absolute atomic E-state index is 0.0379. The Morgan fingerprint density at radius 1 is 1.04 bits per heavy atom. The van der Waals surface area contributed by atoms with Gasteiger partial charge in [0.05, 0.1) is 26.2 Å². The van der Waals surface area contributed by atoms with E-state index in [2.05, 4.69) is 0 Å². The summed E-state index contributed by atoms with van der Waals surface area (Å²) in [6.45, 7) is 0. The molecule has 25 heavy (non-hydrogen) atoms. The van der Waals surface area contributed by atoms with E-state index in [1.54, 1.807) is 0 Å². The zero-order valence-electron chi connectivity index (χ0n) is 12.7. The number of nitro benzene ring substituents is 1. The topological polar surface area (TPSA) is 158 Å². The fraction of sp³-hybridized carbons (Fsp3) is 0.143. The van der Waals surface area contributed by atoms with Crippen LogP contribution >= 0.6 is 0 Å². The number of anilines is 1. The van der Waals surface area contributed by atoms with Crippen molar-refractivity contribution in [3.8, 4) is 0 Å². The first kappa shape index (κ1) is 18.8. The second kappa shape index (κ2) is 6.78. The molecule has 0 aliphatic heterocycles. The maximum Gasteiger partial charge on any atom is 0.294 e. The number of rotatable bonds is 6. The lowest BCUT2D eigenvalue weighted by molar-refractivity contribution is -0.385. The molecule has 0 aliphatic carbocycles. The molecule has 0 aromatic heterocycles. The summed E-state index contributed by atoms with van der Waals surface area (Å²) in [5, 5.41) is 10.8. The highest BCUT2D eigenvalue weighted by atomic mass is 32.2. The van der Waals surface area contributed by atoms with Crippen molar-refractivity contribution in [1.29, 1.82) is 0 Å². The van der Waals surface area contributed by atoms with Gasteiger partial charge in [-0.05, 0) is 30.2 Å². The number of non-ortho nitro benzene ring substituents is 1. The summed E-state index contributed by atoms with van der Waals surface area (Å²) in [6, 6.07) is 8.23. The lowest BCUT2D eigenvalue weighted by atomic mass is 10.2. The number of benzene rings is 2. The highest BCUT2D eigenvalue weighted by Gasteiger charge is 2.21. The van der Waals surface area contributed by atoms with Crippen LogP contribution in [0.5, 0.6) is 0 Å². The molecule has 11 heteroatoms. The number of hydrogen-bond acceptors (Lipinski definition) is 7. The Morgan fingerprint density at radius 3 is 2.16 bits per heavy atom. The summed E-state index contributed by atoms with van der Waals surface area (Å²) >= 11 is 0. The molecule has 0 saturated heterocycles. The van der Waals surface area contributed by atoms with E-state index in [1.165, 1.54) is 12.1 Å². The van der Waals surface area contributed by atoms with Crippen molar-refractivity contribution in [3.63, 3.8) is 0 Å². The van der Waals surface area contributed by atoms with Gasteiger partial charge in [-0.2, -0.15) is 8.42 Å². The smallest absolute Gasteiger partial charge is 0.294 e. The summed E-state index contributed by atoms with van der Waals surface area (Å²) in [5.74, 6) is -0.371. The van der Waals surface area contributed by atoms with Crippen LogP contribution in [0.25, 0.3) is 0 Å². The van der Waals surface area contributed by atoms with Crippen molar-refractivity contribution < 1.29 is 26.3 Å². The highest BCUT2D eigenvalue weighted by molar-refractivity contribution is 7.91. The number of hydrogen-bond donors (Lipinski definition) is 2. The van der Waals surface area contributed by atoms with Gasteiger partial charge < -0.3 is 5.73 Å². The number of nitrogen functional groups attached to an aromatic ring is 1. The van der Waals surface area contributed by atoms with Gasteiger partial charge in [-0.3, -0.25) is 14.7 Å². The van der Waals surface area contributed by atoms with Gasteiger partial charge in [0.1, 0.15) is 0 Å². The summed E-state index contributed by atoms with van der Waals surface area (Å²) in [6.07, 6.45) is 0.0379. The second-order valence-corrected chi connectivity index (χ2v) is 8.67. The first-order valence-electron chi connectivity index (χ1n) is 6.84. The van der Waals surface area contributed by atoms with Gasteiger partial charge in [-0.15, -0.1) is 0 Å². The molecule has 0 saturated carbocycles. The van der Waals surface area contributed by atoms with E-state index in [0.717, 1.165) is 30.3 Å². The van der Waals surface area contributed by atoms with E-state index < -0.39 is 24.9 Å². The van der Waals surface area contributed by atoms with E-state index in [4.69, 9.17) is 10.3 Å². The fourth-order valence-electron chi connectivity index (χ4n) is 2.10. The third kappa shape index (κ3) is 4.53. The monoisotopic (exact) mass is 386 g/mol. The Balaban J connectivity index is 2.22. The highest BCUT2D eigenvalue weighted by Crippen LogP contribution is 2.25. The number of nitrogens with two attached hydrogens (primary N) is 1. The largest absolute Gasteiger partial charge is 0.398 e. The number of nitrogens with zero attached hydrogens (tertiary/aromatic N) is 1. The van der Waals surface area contributed by atoms with Crippen LogP contribution in [0.3, 0.4) is 0 Å². The van der Waals surface area contributed by atoms with Gasteiger partial charge in [0.15, 0.2) is 9.84 Å². The Labute approximate surface area is 143 Å². The van der Waals surface area contributed by atoms with E-state index in [1.807, 2.05) is 0 Å². The molecule has 0 atom stereocenters. The Bertz CT molecular complexity index is 1010. The molecule has 0 fully saturated rings. The SMILES string of the molecule is Nc1ccc([N+](=O)[O-])cc1S(=O)(=O)CCc1ccc(S(=O)(=O)O)cc1. The van der Waals surface area contributed by atoms with Crippen molar-refractivity contribution in [2.45, 2.75) is 16.2 Å². The number of sulfone groups is 1. The molecule has 2 rings (SSSR count). The normalized spacial score (nSPS) is 12.0. The molecule has 0 spiro atoms. The van der Waals surface area contributed by atoms with Crippen LogP contribution in [0, 0.1) is 10.1 Å². The molecule has 2 aromatic rings. The maximum absolute atomic E-state index is 12.4. The molecular weight excluding hydrogens is 372 g/mol. The van der Waals surface area contributed by atoms with E-state index in [0.29, 0.717) is 5.56 Å². The predicted octanol–water partition coefficient (Wildman–Crippen LogP) is 1.44. The summed E-state index contributed by atoms with van der Waals surface area (Å²) in [7, 11) is -8.20. The molecular formula is C14H14N2O7S2. The van der Waals surface area contributed by atoms with Crippen LogP contribution in [0.2, 0.25) is 0 Å². The quantitative estimate of drug-likeness (QED) is 0.327. The minimum Gasteiger partial charge on any atom is -0.398 e. The zero-order chi connectivity index (χ0) is 18.8. The summed E-state index contributed by atoms with van der Waals surface area (Å²) < 4.78 is 55.6. The van der Waals surface area contributed by atoms with Crippen LogP contribution < -0.4 is 5.73 Å². The number of nitro groups is 1. The van der Waals surface area contributed by atoms with Crippen molar-refractivity contribution in [2.75, 3.05) is 11.5 Å². The molecule has 134 valence electrons. The molecule has 0 amide bonds. The molecule has 0 unspecified atom stereocenters. The lowest BCUT2D eigenvalue weighted by Crippen LogP contribution is -2.12. The molecule has 2 aromatic carbocycles. The van der Waals surface area contributed by atoms with E-state index in [-0.39, 0.29) is 33.3 Å². The van der Waals surface area contributed by atoms with Gasteiger partial charge in [-0.25, -0.2) is 8.42 Å². The third-order valence-corrected chi connectivity index (χ3v) is 6.06. The van der Waals surface area contributed by atoms with Crippen LogP contribution in [-0.2, 0) is 26.4 Å². The van der Waals surface area contributed by atoms with E-state index in [9.17, 15) is 26.9 Å². The lowest BCUT2D eigenvalue weighted by Gasteiger charge is -2.08. The molecule has 3 N–H and O–H groups in total. The maximum atomic E-state index is 12.4. The Morgan fingerprint density at radius 2 is 1.64 bits per heavy atom. The van der Waals surface area contributed by atoms with Crippen LogP contribution in [0.1, 0.15) is 5.56 Å². The van der Waals surface area contributed by atoms with Crippen molar-refractivity contribution in [2.24, 2.45) is 0 Å². The Hall–Kier alpha value is -2.50. The average Bonchev–Trinajstić information content (AvgIpc) is 2.52. The van der Waals surface area contributed by atoms with Crippen LogP contribution in [0.15, 0.2) is 52.3 Å². The van der Waals surface area contributed by atoms with Gasteiger partial charge in [0.2, 0.25) is 0 Å². The van der Waals surface area contributed by atoms with Crippen molar-refractivity contribution >= 4 is 31.3 Å². The first-order valence-corrected chi connectivity index (χ1v) is 9.93. The van der Waals surface area contributed by atoms with Gasteiger partial charge in [0.25, 0.3) is 15.8 Å². The summed E-state index contributed by atoms with van der Waals surface area (Å²) in [4.78, 5) is 9.44. The molecule has 0 aliphatic rings. The van der Waals surface area contributed by atoms with Crippen molar-refractivity contribution in [1.82, 2.24) is 0 Å². The van der Waals surface area contributed by atoms with Crippen LogP contribution in [0.4, 0.5) is 11.4 Å². The minimum atomic E-state index is -4.32. The van der Waals surface area contributed by atoms with Crippen molar-refractivity contribution in [3.05, 3.63) is 58.1 Å². The third-order valence-electron chi connectivity index (χ3n) is 3.42. The predicted molar refractivity (Wildman–Crippen MR) is 89.5 cm³/mol. The first-order chi connectivity index (χ1) is 11.5. The van der Waals surface area contributed by atoms with Gasteiger partial charge >= 0.3 is 0 Å². The molecule has 0 radical (unpaired) electrons. The number of aryl methyl sites for hydroxylation is 1. The summed E-state index contributed by atoms with van der Waals surface area (Å²) in [5.41, 5.74) is 5.66. The Kier molecular flexibility index (Phi) is 5.11. The molecule has 0 heterocycles. The zero-order valence-corrected chi connectivity index (χ0v) is 14.3. The van der Waals surface area contributed by atoms with Crippen LogP contribution in [-0.4, -0.2) is 32.1 Å². The molecule has 0 bridgehead atoms.